The van der Waals surface area contributed by atoms with Crippen molar-refractivity contribution in [3.05, 3.63) is 52.8 Å². The topological polar surface area (TPSA) is 45.2 Å². The molecule has 5 heteroatoms. The Morgan fingerprint density at radius 2 is 2.14 bits per heavy atom. The highest BCUT2D eigenvalue weighted by molar-refractivity contribution is 6.32. The standard InChI is InChI=1S/C16H16ClN3O/c1-10-7-13(16(17)18-9-10)19-12-8-15(21)20(2)14-6-4-3-5-11(12)14/h3-7,9,12,19H,8H2,1-2H3. The van der Waals surface area contributed by atoms with Gasteiger partial charge in [-0.1, -0.05) is 29.8 Å². The molecule has 0 saturated carbocycles. The van der Waals surface area contributed by atoms with E-state index in [0.717, 1.165) is 22.5 Å². The molecule has 1 atom stereocenters. The van der Waals surface area contributed by atoms with Crippen LogP contribution in [-0.4, -0.2) is 17.9 Å². The Labute approximate surface area is 128 Å². The average molecular weight is 302 g/mol. The number of rotatable bonds is 2. The van der Waals surface area contributed by atoms with Gasteiger partial charge in [0.05, 0.1) is 18.2 Å². The first-order valence-electron chi connectivity index (χ1n) is 6.80. The average Bonchev–Trinajstić information content (AvgIpc) is 2.48. The minimum absolute atomic E-state index is 0.0861. The molecule has 3 rings (SSSR count). The van der Waals surface area contributed by atoms with E-state index in [-0.39, 0.29) is 11.9 Å². The number of halogens is 1. The number of fused-ring (bicyclic) bond motifs is 1. The summed E-state index contributed by atoms with van der Waals surface area (Å²) in [6.45, 7) is 1.96. The van der Waals surface area contributed by atoms with E-state index in [1.54, 1.807) is 18.1 Å². The van der Waals surface area contributed by atoms with Crippen LogP contribution < -0.4 is 10.2 Å². The highest BCUT2D eigenvalue weighted by Crippen LogP contribution is 2.36. The van der Waals surface area contributed by atoms with Gasteiger partial charge in [0.1, 0.15) is 0 Å². The summed E-state index contributed by atoms with van der Waals surface area (Å²) >= 11 is 6.14. The second-order valence-electron chi connectivity index (χ2n) is 5.26. The fraction of sp³-hybridized carbons (Fsp3) is 0.250. The normalized spacial score (nSPS) is 17.6. The number of para-hydroxylation sites is 1. The van der Waals surface area contributed by atoms with Crippen molar-refractivity contribution >= 4 is 28.9 Å². The molecule has 0 aliphatic carbocycles. The number of anilines is 2. The molecule has 4 nitrogen and oxygen atoms in total. The highest BCUT2D eigenvalue weighted by Gasteiger charge is 2.29. The Balaban J connectivity index is 1.98. The van der Waals surface area contributed by atoms with E-state index in [1.165, 1.54) is 0 Å². The maximum absolute atomic E-state index is 12.1. The Bertz CT molecular complexity index is 702. The van der Waals surface area contributed by atoms with E-state index >= 15 is 0 Å². The molecule has 2 heterocycles. The predicted octanol–water partition coefficient (Wildman–Crippen LogP) is 3.56. The van der Waals surface area contributed by atoms with E-state index in [4.69, 9.17) is 11.6 Å². The number of carbonyl (C=O) groups excluding carboxylic acids is 1. The van der Waals surface area contributed by atoms with Crippen LogP contribution in [0.5, 0.6) is 0 Å². The molecule has 2 aromatic rings. The van der Waals surface area contributed by atoms with Crippen LogP contribution in [0.1, 0.15) is 23.6 Å². The lowest BCUT2D eigenvalue weighted by Crippen LogP contribution is -2.35. The minimum atomic E-state index is -0.0917. The smallest absolute Gasteiger partial charge is 0.229 e. The van der Waals surface area contributed by atoms with Gasteiger partial charge < -0.3 is 10.2 Å². The molecule has 0 fully saturated rings. The lowest BCUT2D eigenvalue weighted by molar-refractivity contribution is -0.118. The zero-order valence-corrected chi connectivity index (χ0v) is 12.7. The van der Waals surface area contributed by atoms with Crippen molar-refractivity contribution in [2.24, 2.45) is 0 Å². The number of hydrogen-bond acceptors (Lipinski definition) is 3. The number of aryl methyl sites for hydroxylation is 1. The van der Waals surface area contributed by atoms with E-state index < -0.39 is 0 Å². The summed E-state index contributed by atoms with van der Waals surface area (Å²) in [6.07, 6.45) is 2.12. The molecule has 108 valence electrons. The molecule has 1 unspecified atom stereocenters. The van der Waals surface area contributed by atoms with Gasteiger partial charge in [0.15, 0.2) is 5.15 Å². The molecular weight excluding hydrogens is 286 g/mol. The van der Waals surface area contributed by atoms with Crippen molar-refractivity contribution in [3.63, 3.8) is 0 Å². The van der Waals surface area contributed by atoms with Crippen molar-refractivity contribution in [2.45, 2.75) is 19.4 Å². The molecule has 1 aromatic carbocycles. The van der Waals surface area contributed by atoms with E-state index in [0.29, 0.717) is 11.6 Å². The summed E-state index contributed by atoms with van der Waals surface area (Å²) in [4.78, 5) is 18.0. The number of benzene rings is 1. The number of amides is 1. The third-order valence-corrected chi connectivity index (χ3v) is 4.03. The molecule has 1 aliphatic rings. The van der Waals surface area contributed by atoms with Crippen molar-refractivity contribution in [1.82, 2.24) is 4.98 Å². The van der Waals surface area contributed by atoms with Crippen LogP contribution in [0.15, 0.2) is 36.5 Å². The van der Waals surface area contributed by atoms with Crippen LogP contribution in [0.3, 0.4) is 0 Å². The van der Waals surface area contributed by atoms with Crippen LogP contribution in [0.4, 0.5) is 11.4 Å². The van der Waals surface area contributed by atoms with Crippen molar-refractivity contribution in [3.8, 4) is 0 Å². The second-order valence-corrected chi connectivity index (χ2v) is 5.62. The number of pyridine rings is 1. The number of hydrogen-bond donors (Lipinski definition) is 1. The lowest BCUT2D eigenvalue weighted by atomic mass is 9.96. The summed E-state index contributed by atoms with van der Waals surface area (Å²) < 4.78 is 0. The molecule has 0 saturated heterocycles. The molecule has 1 N–H and O–H groups in total. The van der Waals surface area contributed by atoms with Crippen LogP contribution >= 0.6 is 11.6 Å². The monoisotopic (exact) mass is 301 g/mol. The van der Waals surface area contributed by atoms with Gasteiger partial charge in [0, 0.05) is 18.9 Å². The van der Waals surface area contributed by atoms with Gasteiger partial charge in [-0.15, -0.1) is 0 Å². The third-order valence-electron chi connectivity index (χ3n) is 3.73. The highest BCUT2D eigenvalue weighted by atomic mass is 35.5. The number of nitrogens with zero attached hydrogens (tertiary/aromatic N) is 2. The summed E-state index contributed by atoms with van der Waals surface area (Å²) in [5, 5.41) is 3.78. The zero-order valence-electron chi connectivity index (χ0n) is 11.9. The lowest BCUT2D eigenvalue weighted by Gasteiger charge is -2.32. The van der Waals surface area contributed by atoms with E-state index in [1.807, 2.05) is 37.3 Å². The number of aromatic nitrogens is 1. The van der Waals surface area contributed by atoms with Gasteiger partial charge in [0.2, 0.25) is 5.91 Å². The van der Waals surface area contributed by atoms with Gasteiger partial charge in [-0.25, -0.2) is 4.98 Å². The SMILES string of the molecule is Cc1cnc(Cl)c(NC2CC(=O)N(C)c3ccccc32)c1. The minimum Gasteiger partial charge on any atom is -0.375 e. The molecule has 1 aromatic heterocycles. The Morgan fingerprint density at radius 1 is 1.38 bits per heavy atom. The fourth-order valence-electron chi connectivity index (χ4n) is 2.61. The van der Waals surface area contributed by atoms with Gasteiger partial charge in [0.25, 0.3) is 0 Å². The van der Waals surface area contributed by atoms with Gasteiger partial charge in [-0.05, 0) is 30.2 Å². The van der Waals surface area contributed by atoms with Crippen molar-refractivity contribution < 1.29 is 4.79 Å². The predicted molar refractivity (Wildman–Crippen MR) is 84.8 cm³/mol. The maximum atomic E-state index is 12.1. The summed E-state index contributed by atoms with van der Waals surface area (Å²) in [7, 11) is 1.80. The van der Waals surface area contributed by atoms with Gasteiger partial charge in [-0.3, -0.25) is 4.79 Å². The molecule has 0 radical (unpaired) electrons. The number of carbonyl (C=O) groups is 1. The van der Waals surface area contributed by atoms with Gasteiger partial charge >= 0.3 is 0 Å². The van der Waals surface area contributed by atoms with Crippen molar-refractivity contribution in [1.29, 1.82) is 0 Å². The Kier molecular flexibility index (Phi) is 3.55. The number of nitrogens with one attached hydrogen (secondary N) is 1. The van der Waals surface area contributed by atoms with E-state index in [2.05, 4.69) is 10.3 Å². The van der Waals surface area contributed by atoms with Crippen LogP contribution in [-0.2, 0) is 4.79 Å². The van der Waals surface area contributed by atoms with Gasteiger partial charge in [-0.2, -0.15) is 0 Å². The first-order chi connectivity index (χ1) is 10.1. The molecule has 0 spiro atoms. The first-order valence-corrected chi connectivity index (χ1v) is 7.18. The maximum Gasteiger partial charge on any atom is 0.229 e. The quantitative estimate of drug-likeness (QED) is 0.863. The van der Waals surface area contributed by atoms with Crippen molar-refractivity contribution in [2.75, 3.05) is 17.3 Å². The first kappa shape index (κ1) is 13.9. The summed E-state index contributed by atoms with van der Waals surface area (Å²) in [5.74, 6) is 0.0861. The summed E-state index contributed by atoms with van der Waals surface area (Å²) in [6, 6.07) is 9.76. The summed E-state index contributed by atoms with van der Waals surface area (Å²) in [5.41, 5.74) is 3.81. The fourth-order valence-corrected chi connectivity index (χ4v) is 2.77. The van der Waals surface area contributed by atoms with E-state index in [9.17, 15) is 4.79 Å². The Hall–Kier alpha value is -2.07. The molecule has 1 aliphatic heterocycles. The molecule has 1 amide bonds. The molecular formula is C16H16ClN3O. The Morgan fingerprint density at radius 3 is 2.95 bits per heavy atom. The molecule has 0 bridgehead atoms. The largest absolute Gasteiger partial charge is 0.375 e. The zero-order chi connectivity index (χ0) is 15.0. The second kappa shape index (κ2) is 5.37. The van der Waals surface area contributed by atoms with Crippen LogP contribution in [0.2, 0.25) is 5.15 Å². The van der Waals surface area contributed by atoms with Crippen LogP contribution in [0, 0.1) is 6.92 Å². The molecule has 21 heavy (non-hydrogen) atoms. The third kappa shape index (κ3) is 2.59. The van der Waals surface area contributed by atoms with Crippen LogP contribution in [0.25, 0.3) is 0 Å².